The zero-order valence-corrected chi connectivity index (χ0v) is 18.8. The zero-order chi connectivity index (χ0) is 22.1. The minimum absolute atomic E-state index is 0.301. The summed E-state index contributed by atoms with van der Waals surface area (Å²) in [5, 5.41) is 0. The summed E-state index contributed by atoms with van der Waals surface area (Å²) < 4.78 is 4.61. The van der Waals surface area contributed by atoms with Gasteiger partial charge < -0.3 is 4.57 Å². The van der Waals surface area contributed by atoms with Crippen LogP contribution in [-0.2, 0) is 27.2 Å². The third-order valence-electron chi connectivity index (χ3n) is 6.13. The maximum Gasteiger partial charge on any atom is 0.332 e. The van der Waals surface area contributed by atoms with E-state index in [1.807, 2.05) is 47.1 Å². The number of aromatic nitrogens is 4. The number of allylic oxidation sites excluding steroid dienone is 1. The van der Waals surface area contributed by atoms with Crippen molar-refractivity contribution in [2.45, 2.75) is 33.4 Å². The zero-order valence-electron chi connectivity index (χ0n) is 18.8. The molecule has 0 unspecified atom stereocenters. The Kier molecular flexibility index (Phi) is 5.96. The second-order valence-electron chi connectivity index (χ2n) is 8.97. The fraction of sp³-hybridized carbons (Fsp3) is 0.458. The van der Waals surface area contributed by atoms with Crippen LogP contribution in [0.1, 0.15) is 31.7 Å². The van der Waals surface area contributed by atoms with Crippen LogP contribution in [0.25, 0.3) is 17.2 Å². The van der Waals surface area contributed by atoms with Crippen LogP contribution in [0.2, 0.25) is 0 Å². The Morgan fingerprint density at radius 3 is 2.39 bits per heavy atom. The molecule has 1 aliphatic rings. The van der Waals surface area contributed by atoms with Gasteiger partial charge in [0.2, 0.25) is 0 Å². The van der Waals surface area contributed by atoms with Crippen LogP contribution < -0.4 is 11.2 Å². The van der Waals surface area contributed by atoms with Gasteiger partial charge in [0, 0.05) is 33.7 Å². The maximum atomic E-state index is 13.0. The fourth-order valence-corrected chi connectivity index (χ4v) is 4.79. The van der Waals surface area contributed by atoms with Crippen LogP contribution in [-0.4, -0.2) is 36.7 Å². The Balaban J connectivity index is 1.76. The first-order chi connectivity index (χ1) is 14.8. The number of rotatable bonds is 5. The molecule has 2 atom stereocenters. The van der Waals surface area contributed by atoms with E-state index >= 15 is 0 Å². The first-order valence-corrected chi connectivity index (χ1v) is 10.9. The van der Waals surface area contributed by atoms with Crippen molar-refractivity contribution in [2.24, 2.45) is 25.9 Å². The van der Waals surface area contributed by atoms with Gasteiger partial charge in [-0.15, -0.1) is 0 Å². The average molecular weight is 422 g/mol. The maximum absolute atomic E-state index is 13.0. The van der Waals surface area contributed by atoms with Gasteiger partial charge in [0.15, 0.2) is 11.2 Å². The van der Waals surface area contributed by atoms with Crippen molar-refractivity contribution >= 4 is 17.2 Å². The molecule has 0 saturated carbocycles. The molecule has 1 saturated heterocycles. The van der Waals surface area contributed by atoms with Gasteiger partial charge in [-0.05, 0) is 23.8 Å². The fourth-order valence-electron chi connectivity index (χ4n) is 4.79. The van der Waals surface area contributed by atoms with Gasteiger partial charge in [0.1, 0.15) is 5.82 Å². The van der Waals surface area contributed by atoms with E-state index in [1.54, 1.807) is 7.05 Å². The summed E-state index contributed by atoms with van der Waals surface area (Å²) in [5.41, 5.74) is 1.39. The number of benzene rings is 1. The van der Waals surface area contributed by atoms with E-state index in [-0.39, 0.29) is 11.2 Å². The molecule has 31 heavy (non-hydrogen) atoms. The van der Waals surface area contributed by atoms with Crippen molar-refractivity contribution in [3.05, 3.63) is 68.6 Å². The van der Waals surface area contributed by atoms with Gasteiger partial charge in [-0.1, -0.05) is 56.3 Å². The normalized spacial score (nSPS) is 20.1. The van der Waals surface area contributed by atoms with E-state index in [2.05, 4.69) is 18.7 Å². The van der Waals surface area contributed by atoms with E-state index in [9.17, 15) is 9.59 Å². The topological polar surface area (TPSA) is 65.1 Å². The molecule has 1 fully saturated rings. The molecular weight excluding hydrogens is 390 g/mol. The molecule has 2 aromatic heterocycles. The van der Waals surface area contributed by atoms with Gasteiger partial charge in [0.25, 0.3) is 5.56 Å². The van der Waals surface area contributed by atoms with E-state index in [4.69, 9.17) is 4.98 Å². The van der Waals surface area contributed by atoms with Crippen molar-refractivity contribution in [2.75, 3.05) is 13.1 Å². The molecule has 3 heterocycles. The van der Waals surface area contributed by atoms with E-state index in [0.717, 1.165) is 29.0 Å². The number of fused-ring (bicyclic) bond motifs is 1. The highest BCUT2D eigenvalue weighted by atomic mass is 16.2. The highest BCUT2D eigenvalue weighted by Crippen LogP contribution is 2.23. The Morgan fingerprint density at radius 2 is 1.71 bits per heavy atom. The molecule has 164 valence electrons. The van der Waals surface area contributed by atoms with Crippen LogP contribution >= 0.6 is 0 Å². The monoisotopic (exact) mass is 421 g/mol. The molecule has 3 aromatic rings. The molecule has 7 nitrogen and oxygen atoms in total. The number of imidazole rings is 1. The summed E-state index contributed by atoms with van der Waals surface area (Å²) in [6, 6.07) is 10.1. The number of hydrogen-bond donors (Lipinski definition) is 0. The van der Waals surface area contributed by atoms with Gasteiger partial charge in [-0.3, -0.25) is 18.8 Å². The predicted octanol–water partition coefficient (Wildman–Crippen LogP) is 2.63. The number of nitrogens with zero attached hydrogens (tertiary/aromatic N) is 5. The number of hydrogen-bond acceptors (Lipinski definition) is 4. The molecule has 0 amide bonds. The number of likely N-dealkylation sites (tertiary alicyclic amines) is 1. The van der Waals surface area contributed by atoms with Gasteiger partial charge in [0.05, 0.1) is 6.54 Å². The Morgan fingerprint density at radius 1 is 1.03 bits per heavy atom. The van der Waals surface area contributed by atoms with E-state index in [1.165, 1.54) is 18.0 Å². The third kappa shape index (κ3) is 4.28. The molecule has 0 spiro atoms. The molecular formula is C24H31N5O2. The lowest BCUT2D eigenvalue weighted by Crippen LogP contribution is -2.39. The number of piperidine rings is 1. The lowest BCUT2D eigenvalue weighted by atomic mass is 9.92. The summed E-state index contributed by atoms with van der Waals surface area (Å²) in [5.74, 6) is 2.10. The Bertz CT molecular complexity index is 1210. The summed E-state index contributed by atoms with van der Waals surface area (Å²) in [7, 11) is 3.20. The largest absolute Gasteiger partial charge is 0.332 e. The van der Waals surface area contributed by atoms with Crippen molar-refractivity contribution in [1.82, 2.24) is 23.6 Å². The highest BCUT2D eigenvalue weighted by molar-refractivity contribution is 5.71. The smallest absolute Gasteiger partial charge is 0.317 e. The quantitative estimate of drug-likeness (QED) is 0.635. The van der Waals surface area contributed by atoms with Crippen LogP contribution in [0.15, 0.2) is 46.0 Å². The highest BCUT2D eigenvalue weighted by Gasteiger charge is 2.25. The third-order valence-corrected chi connectivity index (χ3v) is 6.13. The van der Waals surface area contributed by atoms with Crippen LogP contribution in [0, 0.1) is 11.8 Å². The molecule has 7 heteroatoms. The lowest BCUT2D eigenvalue weighted by molar-refractivity contribution is 0.130. The SMILES string of the molecule is C[C@H]1C[C@H](C)CN(Cc2nc3c(c(=O)n(C)c(=O)n3C)n2C/C=C/c2ccccc2)C1. The molecule has 0 radical (unpaired) electrons. The van der Waals surface area contributed by atoms with Gasteiger partial charge in [-0.2, -0.15) is 0 Å². The minimum atomic E-state index is -0.353. The van der Waals surface area contributed by atoms with Gasteiger partial charge in [-0.25, -0.2) is 9.78 Å². The van der Waals surface area contributed by atoms with Crippen LogP contribution in [0.4, 0.5) is 0 Å². The molecule has 1 aliphatic heterocycles. The van der Waals surface area contributed by atoms with Crippen molar-refractivity contribution in [3.63, 3.8) is 0 Å². The summed E-state index contributed by atoms with van der Waals surface area (Å²) in [6.07, 6.45) is 5.33. The molecule has 0 N–H and O–H groups in total. The second kappa shape index (κ2) is 8.67. The summed E-state index contributed by atoms with van der Waals surface area (Å²) in [6.45, 7) is 7.79. The van der Waals surface area contributed by atoms with Crippen LogP contribution in [0.3, 0.4) is 0 Å². The van der Waals surface area contributed by atoms with Crippen molar-refractivity contribution < 1.29 is 0 Å². The van der Waals surface area contributed by atoms with E-state index < -0.39 is 0 Å². The van der Waals surface area contributed by atoms with Crippen LogP contribution in [0.5, 0.6) is 0 Å². The Labute approximate surface area is 182 Å². The first-order valence-electron chi connectivity index (χ1n) is 10.9. The van der Waals surface area contributed by atoms with Crippen molar-refractivity contribution in [1.29, 1.82) is 0 Å². The summed E-state index contributed by atoms with van der Waals surface area (Å²) in [4.78, 5) is 32.7. The molecule has 0 aliphatic carbocycles. The molecule has 0 bridgehead atoms. The number of aryl methyl sites for hydroxylation is 1. The average Bonchev–Trinajstić information content (AvgIpc) is 3.09. The standard InChI is InChI=1S/C24H31N5O2/c1-17-13-18(2)15-28(14-17)16-20-25-22-21(23(30)27(4)24(31)26(22)3)29(20)12-8-11-19-9-6-5-7-10-19/h5-11,17-18H,12-16H2,1-4H3/b11-8+/t17-,18-/m0/s1. The Hall–Kier alpha value is -2.93. The predicted molar refractivity (Wildman–Crippen MR) is 124 cm³/mol. The van der Waals surface area contributed by atoms with Crippen molar-refractivity contribution in [3.8, 4) is 0 Å². The van der Waals surface area contributed by atoms with E-state index in [0.29, 0.717) is 36.1 Å². The second-order valence-corrected chi connectivity index (χ2v) is 8.97. The first kappa shape index (κ1) is 21.3. The summed E-state index contributed by atoms with van der Waals surface area (Å²) >= 11 is 0. The minimum Gasteiger partial charge on any atom is -0.317 e. The molecule has 1 aromatic carbocycles. The lowest BCUT2D eigenvalue weighted by Gasteiger charge is -2.34. The van der Waals surface area contributed by atoms with Gasteiger partial charge >= 0.3 is 5.69 Å². The molecule has 4 rings (SSSR count).